The molecule has 0 radical (unpaired) electrons. The zero-order valence-electron chi connectivity index (χ0n) is 57.4. The first-order chi connectivity index (χ1) is 51.4. The number of amidine groups is 3. The van der Waals surface area contributed by atoms with Crippen LogP contribution in [-0.2, 0) is 66.7 Å². The van der Waals surface area contributed by atoms with Gasteiger partial charge in [-0.05, 0) is 74.7 Å². The molecule has 27 nitrogen and oxygen atoms in total. The first-order valence-electron chi connectivity index (χ1n) is 33.5. The molecule has 6 unspecified atom stereocenters. The number of ether oxygens (including phenoxy) is 8. The summed E-state index contributed by atoms with van der Waals surface area (Å²) in [5.41, 5.74) is 4.30. The number of aromatic nitrogens is 3. The molecule has 564 valence electrons. The summed E-state index contributed by atoms with van der Waals surface area (Å²) in [6.07, 6.45) is 5.42. The second kappa shape index (κ2) is 39.6. The predicted molar refractivity (Wildman–Crippen MR) is 394 cm³/mol. The van der Waals surface area contributed by atoms with Crippen molar-refractivity contribution in [1.82, 2.24) is 45.6 Å². The van der Waals surface area contributed by atoms with Crippen LogP contribution in [0.3, 0.4) is 0 Å². The average Bonchev–Trinajstić information content (AvgIpc) is 0.965. The number of halogens is 6. The number of hydrogen-bond acceptors (Lipinski definition) is 29. The van der Waals surface area contributed by atoms with Crippen LogP contribution < -0.4 is 16.0 Å². The largest absolute Gasteiger partial charge is 0.481 e. The van der Waals surface area contributed by atoms with Gasteiger partial charge in [-0.15, -0.1) is 34.0 Å². The van der Waals surface area contributed by atoms with E-state index in [1.54, 1.807) is 51.5 Å². The van der Waals surface area contributed by atoms with E-state index < -0.39 is 59.5 Å². The maximum atomic E-state index is 13.9. The molecule has 6 aliphatic heterocycles. The number of morpholine rings is 3. The Bertz CT molecular complexity index is 4100. The normalized spacial score (nSPS) is 20.7. The van der Waals surface area contributed by atoms with Gasteiger partial charge in [0.25, 0.3) is 12.9 Å². The lowest BCUT2D eigenvalue weighted by Gasteiger charge is -2.37. The van der Waals surface area contributed by atoms with E-state index in [0.29, 0.717) is 185 Å². The summed E-state index contributed by atoms with van der Waals surface area (Å²) in [7, 11) is 0. The van der Waals surface area contributed by atoms with Crippen molar-refractivity contribution in [1.29, 1.82) is 0 Å². The number of benzene rings is 3. The van der Waals surface area contributed by atoms with Crippen molar-refractivity contribution < 1.29 is 84.9 Å². The van der Waals surface area contributed by atoms with Crippen molar-refractivity contribution in [3.8, 4) is 0 Å². The highest BCUT2D eigenvalue weighted by Crippen LogP contribution is 2.41. The smallest absolute Gasteiger partial charge is 0.338 e. The van der Waals surface area contributed by atoms with Gasteiger partial charge in [-0.25, -0.2) is 42.5 Å². The number of carboxylic acid groups (broad SMARTS) is 1. The number of hydrogen-bond donors (Lipinski definition) is 4. The molecule has 6 aromatic rings. The van der Waals surface area contributed by atoms with E-state index in [9.17, 15) is 47.0 Å². The Morgan fingerprint density at radius 2 is 0.906 bits per heavy atom. The van der Waals surface area contributed by atoms with Gasteiger partial charge in [0.05, 0.1) is 88.3 Å². The molecule has 4 N–H and O–H groups in total. The molecule has 3 fully saturated rings. The molecule has 3 aromatic heterocycles. The molecule has 106 heavy (non-hydrogen) atoms. The SMILES string of the molecule is CCOC(=O)C1=C(CN2CCOCC2CCC(=O)O)NC(c2nccs2)=NC1c1ccc(F)cc1Br.CCOC(=O)C1=C(CN2CCOCC2COC=O)NC(c2nccs2)=NC1c1ccc(F)cc1Br.CCOC(=O)C1=C(CN2CCOCC2COC=O)NC(c2nccs2)=NC1c1ccc(F)cc1Cl. The van der Waals surface area contributed by atoms with Crippen molar-refractivity contribution >= 4 is 132 Å². The molecule has 6 atom stereocenters. The lowest BCUT2D eigenvalue weighted by atomic mass is 9.95. The van der Waals surface area contributed by atoms with Gasteiger partial charge in [0.1, 0.15) is 48.8 Å². The third-order valence-electron chi connectivity index (χ3n) is 17.1. The minimum Gasteiger partial charge on any atom is -0.481 e. The van der Waals surface area contributed by atoms with Gasteiger partial charge < -0.3 is 59.0 Å². The molecule has 0 bridgehead atoms. The summed E-state index contributed by atoms with van der Waals surface area (Å²) in [4.78, 5) is 106. The lowest BCUT2D eigenvalue weighted by molar-refractivity contribution is -0.140. The first-order valence-corrected chi connectivity index (χ1v) is 38.1. The Morgan fingerprint density at radius 3 is 1.24 bits per heavy atom. The van der Waals surface area contributed by atoms with Gasteiger partial charge in [0, 0.05) is 123 Å². The number of carboxylic acids is 1. The molecule has 3 aromatic carbocycles. The topological polar surface area (TPSA) is 318 Å². The molecule has 0 amide bonds. The van der Waals surface area contributed by atoms with Crippen LogP contribution in [0, 0.1) is 17.5 Å². The van der Waals surface area contributed by atoms with E-state index in [2.05, 4.69) is 77.5 Å². The molecule has 3 saturated heterocycles. The van der Waals surface area contributed by atoms with Crippen LogP contribution in [0.15, 0.2) is 147 Å². The van der Waals surface area contributed by atoms with Crippen LogP contribution in [0.4, 0.5) is 13.2 Å². The van der Waals surface area contributed by atoms with Crippen molar-refractivity contribution in [2.24, 2.45) is 15.0 Å². The lowest BCUT2D eigenvalue weighted by Crippen LogP contribution is -2.50. The number of esters is 3. The zero-order valence-corrected chi connectivity index (χ0v) is 63.8. The van der Waals surface area contributed by atoms with E-state index in [1.165, 1.54) is 76.5 Å². The van der Waals surface area contributed by atoms with Crippen molar-refractivity contribution in [3.63, 3.8) is 0 Å². The zero-order chi connectivity index (χ0) is 75.2. The van der Waals surface area contributed by atoms with Gasteiger partial charge in [0.15, 0.2) is 32.5 Å². The third-order valence-corrected chi connectivity index (χ3v) is 21.1. The quantitative estimate of drug-likeness (QED) is 0.0212. The number of rotatable bonds is 27. The van der Waals surface area contributed by atoms with Gasteiger partial charge in [-0.2, -0.15) is 0 Å². The molecule has 0 spiro atoms. The van der Waals surface area contributed by atoms with E-state index in [-0.39, 0.29) is 68.2 Å². The highest BCUT2D eigenvalue weighted by Gasteiger charge is 2.40. The molecular weight excluding hydrogens is 1600 g/mol. The average molecular weight is 1670 g/mol. The summed E-state index contributed by atoms with van der Waals surface area (Å²) < 4.78 is 85.5. The van der Waals surface area contributed by atoms with Crippen molar-refractivity contribution in [3.05, 3.63) is 186 Å². The molecule has 6 aliphatic rings. The number of aliphatic carboxylic acids is 1. The fourth-order valence-corrected chi connectivity index (χ4v) is 15.3. The molecule has 0 saturated carbocycles. The number of thiazole rings is 3. The molecule has 36 heteroatoms. The Kier molecular flexibility index (Phi) is 30.0. The fraction of sp³-hybridized carbons (Fsp3) is 0.400. The van der Waals surface area contributed by atoms with Crippen LogP contribution in [0.25, 0.3) is 0 Å². The maximum Gasteiger partial charge on any atom is 0.338 e. The fourth-order valence-electron chi connectivity index (χ4n) is 12.2. The van der Waals surface area contributed by atoms with E-state index in [4.69, 9.17) is 64.5 Å². The van der Waals surface area contributed by atoms with Crippen LogP contribution in [0.5, 0.6) is 0 Å². The van der Waals surface area contributed by atoms with Crippen molar-refractivity contribution in [2.45, 2.75) is 69.9 Å². The van der Waals surface area contributed by atoms with Crippen LogP contribution in [-0.4, -0.2) is 219 Å². The third kappa shape index (κ3) is 20.9. The monoisotopic (exact) mass is 1670 g/mol. The molecule has 9 heterocycles. The van der Waals surface area contributed by atoms with E-state index in [1.807, 2.05) is 16.1 Å². The molecule has 0 aliphatic carbocycles. The van der Waals surface area contributed by atoms with Crippen LogP contribution in [0.2, 0.25) is 5.02 Å². The standard InChI is InChI=1S/C24H26BrFN4O5S.C23H24BrFN4O5S.C23H24ClFN4O5S/c1-2-35-24(33)20-18(12-30-8-9-34-13-15(30)4-6-19(31)32)28-22(23-27-7-10-36-23)29-21(20)16-5-3-14(26)11-17(16)25;2*1-2-34-23(31)19-18(10-29-6-7-32-11-15(29)12-33-13-30)27-21(22-26-5-8-35-22)28-20(19)16-4-3-14(25)9-17(16)24/h3,5,7,10-11,15,21H,2,4,6,8-9,12-13H2,1H3,(H,28,29)(H,31,32);2*3-5,8-9,13,15,20H,2,6-7,10-12H2,1H3,(H,27,28). The second-order valence-corrected chi connectivity index (χ2v) is 28.6. The summed E-state index contributed by atoms with van der Waals surface area (Å²) in [5.74, 6) is -2.36. The van der Waals surface area contributed by atoms with Crippen molar-refractivity contribution in [2.75, 3.05) is 112 Å². The second-order valence-electron chi connectivity index (χ2n) is 23.8. The molecular formula is C70H74Br2ClF3N12O15S3. The highest BCUT2D eigenvalue weighted by atomic mass is 79.9. The Labute approximate surface area is 641 Å². The Balaban J connectivity index is 0.000000170. The summed E-state index contributed by atoms with van der Waals surface area (Å²) in [6.45, 7) is 12.1. The highest BCUT2D eigenvalue weighted by molar-refractivity contribution is 9.10. The van der Waals surface area contributed by atoms with E-state index >= 15 is 0 Å². The van der Waals surface area contributed by atoms with Gasteiger partial charge in [-0.3, -0.25) is 44.1 Å². The van der Waals surface area contributed by atoms with E-state index in [0.717, 1.165) is 0 Å². The maximum absolute atomic E-state index is 13.9. The van der Waals surface area contributed by atoms with Gasteiger partial charge >= 0.3 is 23.9 Å². The minimum absolute atomic E-state index is 0.0126. The Hall–Kier alpha value is -8.20. The number of carbonyl (C=O) groups is 6. The number of aliphatic imine (C=N–C) groups is 3. The summed E-state index contributed by atoms with van der Waals surface area (Å²) in [5, 5.41) is 26.6. The number of carbonyl (C=O) groups excluding carboxylic acids is 5. The Morgan fingerprint density at radius 1 is 0.557 bits per heavy atom. The van der Waals surface area contributed by atoms with Crippen LogP contribution in [0.1, 0.15) is 83.5 Å². The molecule has 12 rings (SSSR count). The van der Waals surface area contributed by atoms with Gasteiger partial charge in [-0.1, -0.05) is 61.7 Å². The summed E-state index contributed by atoms with van der Waals surface area (Å²) >= 11 is 17.5. The minimum atomic E-state index is -0.873. The predicted octanol–water partition coefficient (Wildman–Crippen LogP) is 9.06. The number of nitrogens with one attached hydrogen (secondary N) is 3. The first kappa shape index (κ1) is 80.3. The van der Waals surface area contributed by atoms with Crippen LogP contribution >= 0.6 is 77.5 Å². The summed E-state index contributed by atoms with van der Waals surface area (Å²) in [6, 6.07) is 9.61. The number of nitrogens with zero attached hydrogens (tertiary/aromatic N) is 9. The van der Waals surface area contributed by atoms with Gasteiger partial charge in [0.2, 0.25) is 0 Å².